The van der Waals surface area contributed by atoms with E-state index in [1.165, 1.54) is 11.8 Å². The molecule has 0 spiro atoms. The average molecular weight is 424 g/mol. The number of amidine groups is 1. The van der Waals surface area contributed by atoms with Crippen LogP contribution in [0.2, 0.25) is 0 Å². The number of nitrogens with zero attached hydrogens (tertiary/aromatic N) is 3. The molecule has 0 bridgehead atoms. The Bertz CT molecular complexity index is 1050. The maximum absolute atomic E-state index is 12.9. The van der Waals surface area contributed by atoms with Crippen molar-refractivity contribution in [3.63, 3.8) is 0 Å². The number of methoxy groups -OCH3 is 1. The van der Waals surface area contributed by atoms with Crippen LogP contribution in [-0.4, -0.2) is 29.3 Å². The van der Waals surface area contributed by atoms with Crippen molar-refractivity contribution in [1.29, 1.82) is 0 Å². The van der Waals surface area contributed by atoms with Crippen molar-refractivity contribution >= 4 is 46.5 Å². The Hall–Kier alpha value is -3.10. The first kappa shape index (κ1) is 19.2. The van der Waals surface area contributed by atoms with Crippen LogP contribution in [0.15, 0.2) is 79.7 Å². The fourth-order valence-electron chi connectivity index (χ4n) is 2.62. The number of ether oxygens (including phenoxy) is 1. The van der Waals surface area contributed by atoms with E-state index in [1.54, 1.807) is 41.9 Å². The van der Waals surface area contributed by atoms with Crippen molar-refractivity contribution in [3.05, 3.63) is 81.3 Å². The van der Waals surface area contributed by atoms with Gasteiger partial charge in [-0.2, -0.15) is 5.10 Å². The Balaban J connectivity index is 1.58. The van der Waals surface area contributed by atoms with E-state index in [-0.39, 0.29) is 5.91 Å². The van der Waals surface area contributed by atoms with E-state index in [0.717, 1.165) is 16.2 Å². The van der Waals surface area contributed by atoms with E-state index in [1.807, 2.05) is 53.9 Å². The minimum absolute atomic E-state index is 0.113. The topological polar surface area (TPSA) is 67.4 Å². The summed E-state index contributed by atoms with van der Waals surface area (Å²) in [6.07, 6.45) is 5.11. The minimum Gasteiger partial charge on any atom is -0.497 e. The lowest BCUT2D eigenvalue weighted by molar-refractivity contribution is -0.122. The monoisotopic (exact) mass is 423 g/mol. The third-order valence-corrected chi connectivity index (χ3v) is 5.88. The molecule has 0 N–H and O–H groups in total. The summed E-state index contributed by atoms with van der Waals surface area (Å²) >= 11 is 2.89. The number of amides is 1. The fourth-order valence-corrected chi connectivity index (χ4v) is 4.28. The Morgan fingerprint density at radius 1 is 1.17 bits per heavy atom. The average Bonchev–Trinajstić information content (AvgIpc) is 3.49. The van der Waals surface area contributed by atoms with Crippen molar-refractivity contribution in [1.82, 2.24) is 4.90 Å². The first-order chi connectivity index (χ1) is 14.2. The van der Waals surface area contributed by atoms with Crippen LogP contribution in [0.5, 0.6) is 5.75 Å². The molecule has 6 nitrogen and oxygen atoms in total. The zero-order valence-electron chi connectivity index (χ0n) is 15.5. The quantitative estimate of drug-likeness (QED) is 0.323. The van der Waals surface area contributed by atoms with Crippen molar-refractivity contribution in [2.45, 2.75) is 6.54 Å². The third-order valence-electron chi connectivity index (χ3n) is 4.06. The molecule has 29 heavy (non-hydrogen) atoms. The molecular weight excluding hydrogens is 406 g/mol. The van der Waals surface area contributed by atoms with Crippen molar-refractivity contribution in [2.24, 2.45) is 10.2 Å². The summed E-state index contributed by atoms with van der Waals surface area (Å²) in [5.74, 6) is 1.35. The van der Waals surface area contributed by atoms with Gasteiger partial charge < -0.3 is 9.15 Å². The minimum atomic E-state index is -0.113. The highest BCUT2D eigenvalue weighted by Crippen LogP contribution is 2.34. The van der Waals surface area contributed by atoms with E-state index in [9.17, 15) is 4.79 Å². The van der Waals surface area contributed by atoms with Gasteiger partial charge in [-0.15, -0.1) is 16.4 Å². The second-order valence-electron chi connectivity index (χ2n) is 6.00. The number of hydrogen-bond acceptors (Lipinski definition) is 7. The molecule has 1 fully saturated rings. The van der Waals surface area contributed by atoms with Crippen LogP contribution in [0.1, 0.15) is 16.2 Å². The molecular formula is C21H17N3O3S2. The van der Waals surface area contributed by atoms with Gasteiger partial charge in [0.25, 0.3) is 5.91 Å². The smallest absolute Gasteiger partial charge is 0.267 e. The van der Waals surface area contributed by atoms with E-state index >= 15 is 0 Å². The van der Waals surface area contributed by atoms with Gasteiger partial charge in [-0.25, -0.2) is 0 Å². The highest BCUT2D eigenvalue weighted by molar-refractivity contribution is 8.18. The number of rotatable bonds is 6. The van der Waals surface area contributed by atoms with Gasteiger partial charge in [-0.1, -0.05) is 6.07 Å². The van der Waals surface area contributed by atoms with Gasteiger partial charge in [-0.3, -0.25) is 9.69 Å². The second kappa shape index (κ2) is 8.93. The predicted molar refractivity (Wildman–Crippen MR) is 117 cm³/mol. The number of thioether (sulfide) groups is 1. The van der Waals surface area contributed by atoms with Crippen LogP contribution in [0.4, 0.5) is 0 Å². The largest absolute Gasteiger partial charge is 0.497 e. The summed E-state index contributed by atoms with van der Waals surface area (Å²) in [4.78, 5) is 16.1. The molecule has 1 aliphatic rings. The highest BCUT2D eigenvalue weighted by Gasteiger charge is 2.34. The molecule has 0 unspecified atom stereocenters. The fraction of sp³-hybridized carbons (Fsp3) is 0.0952. The number of furan rings is 1. The predicted octanol–water partition coefficient (Wildman–Crippen LogP) is 4.86. The second-order valence-corrected chi connectivity index (χ2v) is 7.99. The summed E-state index contributed by atoms with van der Waals surface area (Å²) < 4.78 is 10.6. The molecule has 8 heteroatoms. The van der Waals surface area contributed by atoms with Crippen molar-refractivity contribution in [2.75, 3.05) is 7.11 Å². The Kier molecular flexibility index (Phi) is 5.92. The summed E-state index contributed by atoms with van der Waals surface area (Å²) in [6.45, 7) is 0.303. The third kappa shape index (κ3) is 4.67. The number of carbonyl (C=O) groups is 1. The van der Waals surface area contributed by atoms with Gasteiger partial charge in [0.15, 0.2) is 5.17 Å². The van der Waals surface area contributed by atoms with E-state index in [4.69, 9.17) is 9.15 Å². The zero-order valence-corrected chi connectivity index (χ0v) is 17.2. The Morgan fingerprint density at radius 3 is 2.72 bits per heavy atom. The maximum atomic E-state index is 12.9. The molecule has 3 aromatic rings. The molecule has 1 aliphatic heterocycles. The number of hydrogen-bond donors (Lipinski definition) is 0. The number of benzene rings is 1. The van der Waals surface area contributed by atoms with Crippen LogP contribution in [0, 0.1) is 0 Å². The molecule has 4 rings (SSSR count). The van der Waals surface area contributed by atoms with E-state index in [0.29, 0.717) is 22.4 Å². The number of carbonyl (C=O) groups excluding carboxylic acids is 1. The van der Waals surface area contributed by atoms with E-state index in [2.05, 4.69) is 10.2 Å². The molecule has 146 valence electrons. The van der Waals surface area contributed by atoms with Gasteiger partial charge in [0, 0.05) is 4.88 Å². The Morgan fingerprint density at radius 2 is 2.03 bits per heavy atom. The lowest BCUT2D eigenvalue weighted by Crippen LogP contribution is -2.28. The normalized spacial score (nSPS) is 17.1. The summed E-state index contributed by atoms with van der Waals surface area (Å²) in [6, 6.07) is 15.0. The van der Waals surface area contributed by atoms with Gasteiger partial charge in [0.1, 0.15) is 11.5 Å². The maximum Gasteiger partial charge on any atom is 0.267 e. The van der Waals surface area contributed by atoms with Crippen LogP contribution < -0.4 is 4.74 Å². The van der Waals surface area contributed by atoms with Gasteiger partial charge in [0.2, 0.25) is 0 Å². The van der Waals surface area contributed by atoms with E-state index < -0.39 is 0 Å². The van der Waals surface area contributed by atoms with Crippen molar-refractivity contribution in [3.8, 4) is 5.75 Å². The Labute approximate surface area is 176 Å². The zero-order chi connectivity index (χ0) is 20.1. The molecule has 0 aliphatic carbocycles. The SMILES string of the molecule is COc1ccc(/C=N\N=C2\S/C(=C\c3cccs3)C(=O)N2Cc2ccco2)cc1. The molecule has 1 saturated heterocycles. The standard InChI is InChI=1S/C21H17N3O3S2/c1-26-16-8-6-15(7-9-16)13-22-23-21-24(14-17-4-2-10-27-17)20(25)19(29-21)12-18-5-3-11-28-18/h2-13H,14H2,1H3/b19-12-,22-13-,23-21+. The molecule has 3 heterocycles. The molecule has 0 atom stereocenters. The number of thiophene rings is 1. The molecule has 0 radical (unpaired) electrons. The first-order valence-corrected chi connectivity index (χ1v) is 10.4. The van der Waals surface area contributed by atoms with Crippen LogP contribution >= 0.6 is 23.1 Å². The van der Waals surface area contributed by atoms with Gasteiger partial charge in [0.05, 0.1) is 31.0 Å². The van der Waals surface area contributed by atoms with Gasteiger partial charge in [-0.05, 0) is 71.2 Å². The van der Waals surface area contributed by atoms with Crippen LogP contribution in [-0.2, 0) is 11.3 Å². The molecule has 1 aromatic carbocycles. The summed E-state index contributed by atoms with van der Waals surface area (Å²) in [7, 11) is 1.62. The first-order valence-electron chi connectivity index (χ1n) is 8.75. The lowest BCUT2D eigenvalue weighted by Gasteiger charge is -2.12. The van der Waals surface area contributed by atoms with Gasteiger partial charge >= 0.3 is 0 Å². The molecule has 1 amide bonds. The van der Waals surface area contributed by atoms with Crippen LogP contribution in [0.25, 0.3) is 6.08 Å². The van der Waals surface area contributed by atoms with Crippen LogP contribution in [0.3, 0.4) is 0 Å². The van der Waals surface area contributed by atoms with Crippen molar-refractivity contribution < 1.29 is 13.9 Å². The summed E-state index contributed by atoms with van der Waals surface area (Å²) in [5.41, 5.74) is 0.886. The lowest BCUT2D eigenvalue weighted by atomic mass is 10.2. The molecule has 0 saturated carbocycles. The molecule has 2 aromatic heterocycles. The highest BCUT2D eigenvalue weighted by atomic mass is 32.2. The summed E-state index contributed by atoms with van der Waals surface area (Å²) in [5, 5.41) is 11.0.